The molecule has 0 aliphatic rings. The third-order valence-corrected chi connectivity index (χ3v) is 5.42. The van der Waals surface area contributed by atoms with Crippen molar-refractivity contribution < 1.29 is 9.18 Å². The average Bonchev–Trinajstić information content (AvgIpc) is 3.01. The van der Waals surface area contributed by atoms with Gasteiger partial charge in [0.15, 0.2) is 0 Å². The van der Waals surface area contributed by atoms with Gasteiger partial charge in [0.2, 0.25) is 0 Å². The number of carbonyl (C=O) groups excluding carboxylic acids is 1. The molecule has 2 aromatic rings. The second kappa shape index (κ2) is 25.7. The third-order valence-electron chi connectivity index (χ3n) is 4.52. The van der Waals surface area contributed by atoms with E-state index in [9.17, 15) is 9.18 Å². The molecule has 5 nitrogen and oxygen atoms in total. The number of nitrogens with zero attached hydrogens (tertiary/aromatic N) is 2. The number of amides is 1. The maximum Gasteiger partial charge on any atom is 0.253 e. The number of halogens is 1. The molecule has 2 N–H and O–H groups in total. The topological polar surface area (TPSA) is 80.4 Å². The van der Waals surface area contributed by atoms with Gasteiger partial charge in [-0.05, 0) is 37.1 Å². The Kier molecular flexibility index (Phi) is 24.8. The van der Waals surface area contributed by atoms with Crippen molar-refractivity contribution in [3.63, 3.8) is 0 Å². The number of hydrazone groups is 1. The number of hydrogen-bond donors (Lipinski definition) is 2. The molecule has 0 bridgehead atoms. The lowest BCUT2D eigenvalue weighted by atomic mass is 10.0. The molecule has 0 unspecified atom stereocenters. The smallest absolute Gasteiger partial charge is 0.253 e. The molecule has 0 radical (unpaired) electrons. The Labute approximate surface area is 246 Å². The molecule has 0 aromatic heterocycles. The first-order valence-electron chi connectivity index (χ1n) is 13.9. The van der Waals surface area contributed by atoms with E-state index >= 15 is 0 Å². The van der Waals surface area contributed by atoms with E-state index in [0.29, 0.717) is 17.7 Å². The van der Waals surface area contributed by atoms with Crippen LogP contribution in [0.4, 0.5) is 4.39 Å². The quantitative estimate of drug-likeness (QED) is 0.123. The second-order valence-electron chi connectivity index (χ2n) is 7.16. The van der Waals surface area contributed by atoms with E-state index in [1.54, 1.807) is 43.5 Å². The molecule has 0 spiro atoms. The maximum absolute atomic E-state index is 13.5. The van der Waals surface area contributed by atoms with Crippen molar-refractivity contribution in [1.82, 2.24) is 5.01 Å². The van der Waals surface area contributed by atoms with E-state index in [0.717, 1.165) is 23.7 Å². The molecule has 0 saturated carbocycles. The van der Waals surface area contributed by atoms with E-state index in [1.807, 2.05) is 78.8 Å². The van der Waals surface area contributed by atoms with Gasteiger partial charge in [-0.15, -0.1) is 0 Å². The van der Waals surface area contributed by atoms with Crippen LogP contribution >= 0.6 is 11.8 Å². The van der Waals surface area contributed by atoms with Crippen LogP contribution in [0.15, 0.2) is 95.9 Å². The van der Waals surface area contributed by atoms with Crippen LogP contribution in [0.2, 0.25) is 0 Å². The van der Waals surface area contributed by atoms with Crippen LogP contribution in [0.5, 0.6) is 0 Å². The highest BCUT2D eigenvalue weighted by Crippen LogP contribution is 2.19. The summed E-state index contributed by atoms with van der Waals surface area (Å²) in [6.07, 6.45) is 9.55. The zero-order chi connectivity index (χ0) is 30.8. The van der Waals surface area contributed by atoms with Crippen LogP contribution < -0.4 is 0 Å². The number of hydrogen-bond acceptors (Lipinski definition) is 5. The number of nitrogens with one attached hydrogen (secondary N) is 2. The fourth-order valence-corrected chi connectivity index (χ4v) is 3.63. The summed E-state index contributed by atoms with van der Waals surface area (Å²) in [4.78, 5) is 12.8. The Hall–Kier alpha value is -3.58. The molecule has 0 heterocycles. The molecule has 1 amide bonds. The SMILES string of the molecule is CC.CC.CC.C\C=C/C(F)=C\C=C\C(=N)c1ccccc1C(=N)SCC(=O)N(CCC)/N=C/c1ccccc1. The lowest BCUT2D eigenvalue weighted by Crippen LogP contribution is -2.29. The van der Waals surface area contributed by atoms with Crippen molar-refractivity contribution in [3.05, 3.63) is 107 Å². The molecular formula is C33H47FN4OS. The van der Waals surface area contributed by atoms with Crippen molar-refractivity contribution in [3.8, 4) is 0 Å². The Morgan fingerprint density at radius 2 is 1.50 bits per heavy atom. The molecule has 0 aliphatic carbocycles. The van der Waals surface area contributed by atoms with Gasteiger partial charge in [0.25, 0.3) is 5.91 Å². The molecule has 218 valence electrons. The van der Waals surface area contributed by atoms with Crippen LogP contribution in [0.1, 0.15) is 78.5 Å². The van der Waals surface area contributed by atoms with Gasteiger partial charge < -0.3 is 5.41 Å². The molecule has 7 heteroatoms. The molecule has 0 fully saturated rings. The van der Waals surface area contributed by atoms with E-state index in [2.05, 4.69) is 5.10 Å². The molecule has 0 saturated heterocycles. The van der Waals surface area contributed by atoms with Gasteiger partial charge in [-0.3, -0.25) is 10.2 Å². The van der Waals surface area contributed by atoms with E-state index in [4.69, 9.17) is 10.8 Å². The fraction of sp³-hybridized carbons (Fsp3) is 0.333. The van der Waals surface area contributed by atoms with Gasteiger partial charge in [-0.2, -0.15) is 5.10 Å². The predicted molar refractivity (Wildman–Crippen MR) is 176 cm³/mol. The van der Waals surface area contributed by atoms with Gasteiger partial charge in [0, 0.05) is 17.7 Å². The highest BCUT2D eigenvalue weighted by molar-refractivity contribution is 8.14. The Morgan fingerprint density at radius 3 is 2.08 bits per heavy atom. The highest BCUT2D eigenvalue weighted by Gasteiger charge is 2.16. The summed E-state index contributed by atoms with van der Waals surface area (Å²) in [5.41, 5.74) is 2.13. The van der Waals surface area contributed by atoms with Gasteiger partial charge >= 0.3 is 0 Å². The minimum atomic E-state index is -0.409. The zero-order valence-electron chi connectivity index (χ0n) is 25.4. The van der Waals surface area contributed by atoms with Crippen LogP contribution in [0.3, 0.4) is 0 Å². The molecule has 40 heavy (non-hydrogen) atoms. The van der Waals surface area contributed by atoms with E-state index < -0.39 is 5.83 Å². The van der Waals surface area contributed by atoms with Gasteiger partial charge in [0.1, 0.15) is 5.83 Å². The summed E-state index contributed by atoms with van der Waals surface area (Å²) in [5, 5.41) is 22.8. The monoisotopic (exact) mass is 566 g/mol. The zero-order valence-corrected chi connectivity index (χ0v) is 26.2. The summed E-state index contributed by atoms with van der Waals surface area (Å²) < 4.78 is 13.5. The summed E-state index contributed by atoms with van der Waals surface area (Å²) in [7, 11) is 0. The molecular weight excluding hydrogens is 519 g/mol. The second-order valence-corrected chi connectivity index (χ2v) is 8.15. The summed E-state index contributed by atoms with van der Waals surface area (Å²) in [6, 6.07) is 16.6. The van der Waals surface area contributed by atoms with Crippen molar-refractivity contribution in [2.24, 2.45) is 5.10 Å². The molecule has 2 aromatic carbocycles. The summed E-state index contributed by atoms with van der Waals surface area (Å²) in [6.45, 7) is 16.2. The first-order valence-corrected chi connectivity index (χ1v) is 14.9. The fourth-order valence-electron chi connectivity index (χ4n) is 2.88. The van der Waals surface area contributed by atoms with Crippen LogP contribution in [-0.2, 0) is 4.79 Å². The van der Waals surface area contributed by atoms with Crippen molar-refractivity contribution >= 4 is 34.6 Å². The van der Waals surface area contributed by atoms with Gasteiger partial charge in [0.05, 0.1) is 22.7 Å². The minimum Gasteiger partial charge on any atom is -0.300 e. The number of carbonyl (C=O) groups is 1. The highest BCUT2D eigenvalue weighted by atomic mass is 32.2. The molecule has 2 rings (SSSR count). The number of allylic oxidation sites excluding steroid dienone is 6. The standard InChI is InChI=1S/C27H29FN4OS.3C2H6/c1-3-11-22(28)14-10-17-25(29)23-15-8-9-16-24(23)27(30)34-20-26(33)32(18-4-2)31-19-21-12-6-5-7-13-21;3*1-2/h3,5-17,19,29-30H,4,18,20H2,1-2H3;3*1-2H3/b11-3-,17-10+,22-14+,29-25?,30-27?,31-19+;;;. The van der Waals surface area contributed by atoms with Crippen molar-refractivity contribution in [2.45, 2.75) is 61.8 Å². The number of benzene rings is 2. The first kappa shape index (κ1) is 38.6. The number of thioether (sulfide) groups is 1. The van der Waals surface area contributed by atoms with Crippen molar-refractivity contribution in [2.75, 3.05) is 12.3 Å². The van der Waals surface area contributed by atoms with E-state index in [-0.39, 0.29) is 22.4 Å². The minimum absolute atomic E-state index is 0.0553. The molecule has 0 atom stereocenters. The summed E-state index contributed by atoms with van der Waals surface area (Å²) in [5.74, 6) is -0.547. The maximum atomic E-state index is 13.5. The lowest BCUT2D eigenvalue weighted by molar-refractivity contribution is -0.128. The first-order chi connectivity index (χ1) is 19.5. The lowest BCUT2D eigenvalue weighted by Gasteiger charge is -2.16. The normalized spacial score (nSPS) is 10.7. The molecule has 0 aliphatic heterocycles. The van der Waals surface area contributed by atoms with Crippen LogP contribution in [0, 0.1) is 10.8 Å². The van der Waals surface area contributed by atoms with E-state index in [1.165, 1.54) is 29.3 Å². The van der Waals surface area contributed by atoms with Crippen molar-refractivity contribution in [1.29, 1.82) is 10.8 Å². The van der Waals surface area contributed by atoms with Gasteiger partial charge in [-0.1, -0.05) is 127 Å². The average molecular weight is 567 g/mol. The van der Waals surface area contributed by atoms with Gasteiger partial charge in [-0.25, -0.2) is 9.40 Å². The third kappa shape index (κ3) is 15.7. The number of rotatable bonds is 11. The summed E-state index contributed by atoms with van der Waals surface area (Å²) >= 11 is 1.10. The Balaban J connectivity index is 0. The largest absolute Gasteiger partial charge is 0.300 e. The van der Waals surface area contributed by atoms with Crippen LogP contribution in [0.25, 0.3) is 0 Å². The predicted octanol–water partition coefficient (Wildman–Crippen LogP) is 9.45. The Morgan fingerprint density at radius 1 is 0.925 bits per heavy atom. The Bertz CT molecular complexity index is 1110. The van der Waals surface area contributed by atoms with Crippen LogP contribution in [-0.4, -0.2) is 40.2 Å².